The third-order valence-corrected chi connectivity index (χ3v) is 7.64. The summed E-state index contributed by atoms with van der Waals surface area (Å²) in [6.45, 7) is 7.28. The van der Waals surface area contributed by atoms with E-state index in [0.29, 0.717) is 29.7 Å². The van der Waals surface area contributed by atoms with Crippen LogP contribution in [0.3, 0.4) is 0 Å². The molecule has 0 aromatic heterocycles. The summed E-state index contributed by atoms with van der Waals surface area (Å²) >= 11 is 0. The monoisotopic (exact) mass is 368 g/mol. The molecule has 0 spiro atoms. The lowest BCUT2D eigenvalue weighted by Gasteiger charge is -2.37. The summed E-state index contributed by atoms with van der Waals surface area (Å²) in [4.78, 5) is 18.2. The zero-order valence-electron chi connectivity index (χ0n) is 16.5. The second-order valence-corrected chi connectivity index (χ2v) is 9.14. The van der Waals surface area contributed by atoms with Gasteiger partial charge in [-0.2, -0.15) is 0 Å². The van der Waals surface area contributed by atoms with Gasteiger partial charge in [0, 0.05) is 50.7 Å². The van der Waals surface area contributed by atoms with E-state index < -0.39 is 0 Å². The molecule has 5 rings (SSSR count). The van der Waals surface area contributed by atoms with Gasteiger partial charge in [-0.25, -0.2) is 0 Å². The second-order valence-electron chi connectivity index (χ2n) is 9.14. The molecule has 3 aliphatic heterocycles. The minimum absolute atomic E-state index is 0.272. The fourth-order valence-corrected chi connectivity index (χ4v) is 5.86. The molecule has 1 saturated carbocycles. The topological polar surface area (TPSA) is 32.8 Å². The first-order valence-electron chi connectivity index (χ1n) is 10.9. The van der Waals surface area contributed by atoms with Crippen molar-refractivity contribution < 1.29 is 9.53 Å². The molecule has 0 bridgehead atoms. The largest absolute Gasteiger partial charge is 0.381 e. The summed E-state index contributed by atoms with van der Waals surface area (Å²) in [5, 5.41) is 0. The van der Waals surface area contributed by atoms with Crippen LogP contribution in [0.4, 0.5) is 0 Å². The lowest BCUT2D eigenvalue weighted by atomic mass is 9.83. The maximum atomic E-state index is 13.2. The van der Waals surface area contributed by atoms with Gasteiger partial charge < -0.3 is 9.64 Å². The molecule has 4 aliphatic rings. The normalized spacial score (nSPS) is 32.5. The average Bonchev–Trinajstić information content (AvgIpc) is 3.19. The molecule has 4 fully saturated rings. The van der Waals surface area contributed by atoms with Crippen molar-refractivity contribution in [2.45, 2.75) is 51.1 Å². The zero-order chi connectivity index (χ0) is 18.4. The number of carbonyl (C=O) groups excluding carboxylic acids is 1. The van der Waals surface area contributed by atoms with Crippen molar-refractivity contribution in [2.75, 3.05) is 32.8 Å². The summed E-state index contributed by atoms with van der Waals surface area (Å²) < 4.78 is 5.57. The van der Waals surface area contributed by atoms with Crippen LogP contribution in [0.15, 0.2) is 24.3 Å². The number of ether oxygens (including phenoxy) is 1. The Morgan fingerprint density at radius 3 is 2.52 bits per heavy atom. The van der Waals surface area contributed by atoms with E-state index in [1.165, 1.54) is 30.4 Å². The quantitative estimate of drug-likeness (QED) is 0.820. The van der Waals surface area contributed by atoms with E-state index in [1.807, 2.05) is 0 Å². The molecule has 1 aliphatic carbocycles. The standard InChI is InChI=1S/C23H32N2O2/c1-16-5-2-3-8-20(16)22-21-15-24(19-9-11-27-12-10-19)13-18(21)14-25(22)23(26)17-6-4-7-17/h2-3,5,8,17-19,21-22H,4,6-7,9-15H2,1H3/t18-,21-,22+/m0/s1. The molecule has 4 heteroatoms. The first-order chi connectivity index (χ1) is 13.2. The van der Waals surface area contributed by atoms with Gasteiger partial charge in [-0.1, -0.05) is 30.7 Å². The van der Waals surface area contributed by atoms with E-state index in [4.69, 9.17) is 4.74 Å². The van der Waals surface area contributed by atoms with Crippen molar-refractivity contribution in [3.05, 3.63) is 35.4 Å². The van der Waals surface area contributed by atoms with Gasteiger partial charge in [-0.3, -0.25) is 9.69 Å². The molecule has 0 unspecified atom stereocenters. The lowest BCUT2D eigenvalue weighted by Crippen LogP contribution is -2.43. The predicted octanol–water partition coefficient (Wildman–Crippen LogP) is 3.41. The average molecular weight is 369 g/mol. The van der Waals surface area contributed by atoms with Gasteiger partial charge in [0.2, 0.25) is 5.91 Å². The van der Waals surface area contributed by atoms with Gasteiger partial charge in [0.25, 0.3) is 0 Å². The second kappa shape index (κ2) is 7.21. The number of rotatable bonds is 3. The minimum atomic E-state index is 0.272. The molecule has 0 radical (unpaired) electrons. The number of amides is 1. The van der Waals surface area contributed by atoms with Crippen molar-refractivity contribution in [3.8, 4) is 0 Å². The molecular formula is C23H32N2O2. The summed E-state index contributed by atoms with van der Waals surface area (Å²) in [5.74, 6) is 1.93. The highest BCUT2D eigenvalue weighted by Gasteiger charge is 2.51. The van der Waals surface area contributed by atoms with Crippen LogP contribution in [-0.4, -0.2) is 54.6 Å². The highest BCUT2D eigenvalue weighted by Crippen LogP contribution is 2.48. The van der Waals surface area contributed by atoms with Gasteiger partial charge in [-0.15, -0.1) is 0 Å². The molecule has 1 aromatic rings. The number of carbonyl (C=O) groups is 1. The number of fused-ring (bicyclic) bond motifs is 1. The highest BCUT2D eigenvalue weighted by molar-refractivity contribution is 5.80. The van der Waals surface area contributed by atoms with E-state index in [-0.39, 0.29) is 6.04 Å². The third kappa shape index (κ3) is 3.11. The highest BCUT2D eigenvalue weighted by atomic mass is 16.5. The Kier molecular flexibility index (Phi) is 4.73. The number of benzene rings is 1. The Balaban J connectivity index is 1.41. The van der Waals surface area contributed by atoms with Crippen molar-refractivity contribution in [1.29, 1.82) is 0 Å². The van der Waals surface area contributed by atoms with E-state index in [1.54, 1.807) is 0 Å². The molecule has 1 aromatic carbocycles. The van der Waals surface area contributed by atoms with Crippen LogP contribution in [-0.2, 0) is 9.53 Å². The maximum absolute atomic E-state index is 13.2. The summed E-state index contributed by atoms with van der Waals surface area (Å²) in [5.41, 5.74) is 2.71. The van der Waals surface area contributed by atoms with Crippen LogP contribution >= 0.6 is 0 Å². The Morgan fingerprint density at radius 1 is 1.04 bits per heavy atom. The molecule has 0 N–H and O–H groups in total. The Labute approximate surface area is 162 Å². The lowest BCUT2D eigenvalue weighted by molar-refractivity contribution is -0.139. The van der Waals surface area contributed by atoms with Crippen LogP contribution < -0.4 is 0 Å². The van der Waals surface area contributed by atoms with Gasteiger partial charge in [0.1, 0.15) is 0 Å². The van der Waals surface area contributed by atoms with Gasteiger partial charge in [0.05, 0.1) is 6.04 Å². The first-order valence-corrected chi connectivity index (χ1v) is 10.9. The smallest absolute Gasteiger partial charge is 0.226 e. The van der Waals surface area contributed by atoms with Crippen LogP contribution in [0, 0.1) is 24.7 Å². The maximum Gasteiger partial charge on any atom is 0.226 e. The van der Waals surface area contributed by atoms with Gasteiger partial charge in [-0.05, 0) is 49.7 Å². The Hall–Kier alpha value is -1.39. The number of nitrogens with zero attached hydrogens (tertiary/aromatic N) is 2. The fraction of sp³-hybridized carbons (Fsp3) is 0.696. The summed E-state index contributed by atoms with van der Waals surface area (Å²) in [7, 11) is 0. The molecule has 27 heavy (non-hydrogen) atoms. The summed E-state index contributed by atoms with van der Waals surface area (Å²) in [6, 6.07) is 9.69. The molecule has 146 valence electrons. The van der Waals surface area contributed by atoms with Crippen LogP contribution in [0.5, 0.6) is 0 Å². The van der Waals surface area contributed by atoms with Crippen molar-refractivity contribution in [3.63, 3.8) is 0 Å². The van der Waals surface area contributed by atoms with Crippen LogP contribution in [0.1, 0.15) is 49.3 Å². The fourth-order valence-electron chi connectivity index (χ4n) is 5.86. The van der Waals surface area contributed by atoms with Gasteiger partial charge >= 0.3 is 0 Å². The molecule has 3 atom stereocenters. The number of aryl methyl sites for hydroxylation is 1. The van der Waals surface area contributed by atoms with Crippen molar-refractivity contribution in [1.82, 2.24) is 9.80 Å². The number of hydrogen-bond acceptors (Lipinski definition) is 3. The Morgan fingerprint density at radius 2 is 1.81 bits per heavy atom. The third-order valence-electron chi connectivity index (χ3n) is 7.64. The predicted molar refractivity (Wildman–Crippen MR) is 105 cm³/mol. The number of likely N-dealkylation sites (tertiary alicyclic amines) is 2. The Bertz CT molecular complexity index is 695. The summed E-state index contributed by atoms with van der Waals surface area (Å²) in [6.07, 6.45) is 5.75. The molecule has 3 heterocycles. The molecule has 3 saturated heterocycles. The van der Waals surface area contributed by atoms with Crippen LogP contribution in [0.25, 0.3) is 0 Å². The van der Waals surface area contributed by atoms with Gasteiger partial charge in [0.15, 0.2) is 0 Å². The first kappa shape index (κ1) is 17.7. The van der Waals surface area contributed by atoms with E-state index in [9.17, 15) is 4.79 Å². The zero-order valence-corrected chi connectivity index (χ0v) is 16.5. The number of hydrogen-bond donors (Lipinski definition) is 0. The molecule has 1 amide bonds. The minimum Gasteiger partial charge on any atom is -0.381 e. The molecular weight excluding hydrogens is 336 g/mol. The van der Waals surface area contributed by atoms with Crippen LogP contribution in [0.2, 0.25) is 0 Å². The van der Waals surface area contributed by atoms with Crippen molar-refractivity contribution >= 4 is 5.91 Å². The van der Waals surface area contributed by atoms with Crippen molar-refractivity contribution in [2.24, 2.45) is 17.8 Å². The van der Waals surface area contributed by atoms with E-state index >= 15 is 0 Å². The van der Waals surface area contributed by atoms with E-state index in [2.05, 4.69) is 41.0 Å². The molecule has 4 nitrogen and oxygen atoms in total. The van der Waals surface area contributed by atoms with E-state index in [0.717, 1.165) is 45.7 Å². The SMILES string of the molecule is Cc1ccccc1[C@@H]1[C@H]2CN(C3CCOCC3)C[C@H]2CN1C(=O)C1CCC1.